The van der Waals surface area contributed by atoms with Crippen LogP contribution in [0.15, 0.2) is 72.4 Å². The van der Waals surface area contributed by atoms with E-state index in [1.807, 2.05) is 83.8 Å². The highest BCUT2D eigenvalue weighted by Gasteiger charge is 2.19. The number of aryl methyl sites for hydroxylation is 2. The van der Waals surface area contributed by atoms with Gasteiger partial charge in [-0.3, -0.25) is 4.57 Å². The molecule has 0 saturated heterocycles. The van der Waals surface area contributed by atoms with Gasteiger partial charge in [0.15, 0.2) is 11.0 Å². The van der Waals surface area contributed by atoms with Crippen LogP contribution in [-0.2, 0) is 18.9 Å². The van der Waals surface area contributed by atoms with Crippen LogP contribution in [0.2, 0.25) is 0 Å². The number of para-hydroxylation sites is 1. The molecule has 0 aliphatic heterocycles. The Kier molecular flexibility index (Phi) is 6.91. The van der Waals surface area contributed by atoms with Crippen LogP contribution < -0.4 is 4.74 Å². The fraction of sp³-hybridized carbons (Fsp3) is 0.200. The standard InChI is InChI=1S/C25H24N6OS/c1-4-13-30-24(16-32-21-12-8-9-18(2)14-21)27-28-25(30)33-17-23-22(15-26)19(3)29-31(23)20-10-6-5-7-11-20/h4-12,14H,1,13,16-17H2,2-3H3. The van der Waals surface area contributed by atoms with E-state index in [9.17, 15) is 5.26 Å². The molecule has 33 heavy (non-hydrogen) atoms. The highest BCUT2D eigenvalue weighted by molar-refractivity contribution is 7.98. The summed E-state index contributed by atoms with van der Waals surface area (Å²) in [5.41, 5.74) is 4.17. The molecule has 4 rings (SSSR count). The van der Waals surface area contributed by atoms with E-state index in [-0.39, 0.29) is 0 Å². The number of aromatic nitrogens is 5. The first-order valence-corrected chi connectivity index (χ1v) is 11.5. The lowest BCUT2D eigenvalue weighted by molar-refractivity contribution is 0.289. The Morgan fingerprint density at radius 3 is 2.67 bits per heavy atom. The van der Waals surface area contributed by atoms with Crippen molar-refractivity contribution in [2.75, 3.05) is 0 Å². The van der Waals surface area contributed by atoms with E-state index in [1.165, 1.54) is 11.8 Å². The Morgan fingerprint density at radius 2 is 1.94 bits per heavy atom. The smallest absolute Gasteiger partial charge is 0.191 e. The summed E-state index contributed by atoms with van der Waals surface area (Å²) < 4.78 is 9.74. The van der Waals surface area contributed by atoms with Crippen LogP contribution in [0.3, 0.4) is 0 Å². The summed E-state index contributed by atoms with van der Waals surface area (Å²) in [6.07, 6.45) is 1.81. The van der Waals surface area contributed by atoms with Crippen molar-refractivity contribution in [3.05, 3.63) is 95.6 Å². The SMILES string of the molecule is C=CCn1c(COc2cccc(C)c2)nnc1SCc1c(C#N)c(C)nn1-c1ccccc1. The second kappa shape index (κ2) is 10.2. The molecule has 0 N–H and O–H groups in total. The van der Waals surface area contributed by atoms with Gasteiger partial charge in [0.2, 0.25) is 0 Å². The summed E-state index contributed by atoms with van der Waals surface area (Å²) in [7, 11) is 0. The Bertz CT molecular complexity index is 1300. The molecular weight excluding hydrogens is 432 g/mol. The zero-order valence-corrected chi connectivity index (χ0v) is 19.4. The van der Waals surface area contributed by atoms with E-state index in [4.69, 9.17) is 4.74 Å². The van der Waals surface area contributed by atoms with Crippen molar-refractivity contribution in [2.45, 2.75) is 37.9 Å². The van der Waals surface area contributed by atoms with Crippen molar-refractivity contribution < 1.29 is 4.74 Å². The predicted molar refractivity (Wildman–Crippen MR) is 128 cm³/mol. The first-order valence-electron chi connectivity index (χ1n) is 10.5. The third-order valence-corrected chi connectivity index (χ3v) is 6.05. The number of nitrogens with zero attached hydrogens (tertiary/aromatic N) is 6. The van der Waals surface area contributed by atoms with Crippen molar-refractivity contribution in [3.8, 4) is 17.5 Å². The molecule has 0 fully saturated rings. The van der Waals surface area contributed by atoms with Crippen LogP contribution in [0.1, 0.15) is 28.3 Å². The molecule has 2 aromatic carbocycles. The number of ether oxygens (including phenoxy) is 1. The molecule has 166 valence electrons. The summed E-state index contributed by atoms with van der Waals surface area (Å²) in [4.78, 5) is 0. The first-order chi connectivity index (χ1) is 16.1. The number of thioether (sulfide) groups is 1. The quantitative estimate of drug-likeness (QED) is 0.260. The molecule has 0 bridgehead atoms. The largest absolute Gasteiger partial charge is 0.486 e. The number of hydrogen-bond acceptors (Lipinski definition) is 6. The second-order valence-electron chi connectivity index (χ2n) is 7.46. The Labute approximate surface area is 197 Å². The van der Waals surface area contributed by atoms with Crippen LogP contribution in [-0.4, -0.2) is 24.5 Å². The van der Waals surface area contributed by atoms with Crippen molar-refractivity contribution >= 4 is 11.8 Å². The topological polar surface area (TPSA) is 81.6 Å². The molecule has 0 radical (unpaired) electrons. The van der Waals surface area contributed by atoms with Gasteiger partial charge in [0.05, 0.1) is 22.6 Å². The molecule has 2 heterocycles. The van der Waals surface area contributed by atoms with E-state index in [0.29, 0.717) is 36.0 Å². The fourth-order valence-corrected chi connectivity index (χ4v) is 4.43. The summed E-state index contributed by atoms with van der Waals surface area (Å²) in [5, 5.41) is 23.8. The maximum Gasteiger partial charge on any atom is 0.191 e. The average molecular weight is 457 g/mol. The van der Waals surface area contributed by atoms with Gasteiger partial charge < -0.3 is 4.74 Å². The van der Waals surface area contributed by atoms with Crippen LogP contribution in [0, 0.1) is 25.2 Å². The minimum absolute atomic E-state index is 0.301. The Hall–Kier alpha value is -3.83. The number of rotatable bonds is 9. The summed E-state index contributed by atoms with van der Waals surface area (Å²) in [6, 6.07) is 20.0. The van der Waals surface area contributed by atoms with E-state index in [2.05, 4.69) is 27.9 Å². The minimum Gasteiger partial charge on any atom is -0.486 e. The summed E-state index contributed by atoms with van der Waals surface area (Å²) >= 11 is 1.51. The van der Waals surface area contributed by atoms with Crippen LogP contribution in [0.25, 0.3) is 5.69 Å². The van der Waals surface area contributed by atoms with Gasteiger partial charge in [-0.25, -0.2) is 4.68 Å². The van der Waals surface area contributed by atoms with Gasteiger partial charge in [-0.05, 0) is 43.7 Å². The second-order valence-corrected chi connectivity index (χ2v) is 8.40. The highest BCUT2D eigenvalue weighted by atomic mass is 32.2. The number of hydrogen-bond donors (Lipinski definition) is 0. The third-order valence-electron chi connectivity index (χ3n) is 5.07. The Balaban J connectivity index is 1.57. The average Bonchev–Trinajstić information content (AvgIpc) is 3.36. The Morgan fingerprint density at radius 1 is 1.12 bits per heavy atom. The van der Waals surface area contributed by atoms with Crippen LogP contribution in [0.5, 0.6) is 5.75 Å². The predicted octanol–water partition coefficient (Wildman–Crippen LogP) is 5.01. The van der Waals surface area contributed by atoms with Crippen molar-refractivity contribution in [1.29, 1.82) is 5.26 Å². The number of allylic oxidation sites excluding steroid dienone is 1. The van der Waals surface area contributed by atoms with Gasteiger partial charge in [-0.15, -0.1) is 16.8 Å². The first kappa shape index (κ1) is 22.4. The van der Waals surface area contributed by atoms with E-state index >= 15 is 0 Å². The maximum absolute atomic E-state index is 9.72. The van der Waals surface area contributed by atoms with Crippen LogP contribution in [0.4, 0.5) is 0 Å². The molecule has 0 saturated carbocycles. The molecule has 0 aliphatic carbocycles. The monoisotopic (exact) mass is 456 g/mol. The molecule has 2 aromatic heterocycles. The van der Waals surface area contributed by atoms with Gasteiger partial charge >= 0.3 is 0 Å². The highest BCUT2D eigenvalue weighted by Crippen LogP contribution is 2.27. The molecular formula is C25H24N6OS. The maximum atomic E-state index is 9.72. The molecule has 8 heteroatoms. The van der Waals surface area contributed by atoms with Gasteiger partial charge in [0.25, 0.3) is 0 Å². The molecule has 0 aliphatic rings. The number of benzene rings is 2. The van der Waals surface area contributed by atoms with Crippen molar-refractivity contribution in [3.63, 3.8) is 0 Å². The van der Waals surface area contributed by atoms with Gasteiger partial charge in [0, 0.05) is 12.3 Å². The third kappa shape index (κ3) is 4.99. The molecule has 0 unspecified atom stereocenters. The molecule has 0 amide bonds. The zero-order chi connectivity index (χ0) is 23.2. The van der Waals surface area contributed by atoms with Gasteiger partial charge in [-0.1, -0.05) is 48.2 Å². The van der Waals surface area contributed by atoms with Crippen molar-refractivity contribution in [2.24, 2.45) is 0 Å². The van der Waals surface area contributed by atoms with Crippen molar-refractivity contribution in [1.82, 2.24) is 24.5 Å². The van der Waals surface area contributed by atoms with E-state index in [1.54, 1.807) is 0 Å². The van der Waals surface area contributed by atoms with Gasteiger partial charge in [-0.2, -0.15) is 10.4 Å². The molecule has 7 nitrogen and oxygen atoms in total. The lowest BCUT2D eigenvalue weighted by Crippen LogP contribution is -2.08. The number of nitriles is 1. The molecule has 4 aromatic rings. The lowest BCUT2D eigenvalue weighted by Gasteiger charge is -2.10. The molecule has 0 spiro atoms. The van der Waals surface area contributed by atoms with Crippen LogP contribution >= 0.6 is 11.8 Å². The minimum atomic E-state index is 0.301. The summed E-state index contributed by atoms with van der Waals surface area (Å²) in [6.45, 7) is 8.61. The van der Waals surface area contributed by atoms with E-state index in [0.717, 1.165) is 27.9 Å². The zero-order valence-electron chi connectivity index (χ0n) is 18.6. The van der Waals surface area contributed by atoms with Gasteiger partial charge in [0.1, 0.15) is 18.4 Å². The van der Waals surface area contributed by atoms with E-state index < -0.39 is 0 Å². The molecule has 0 atom stereocenters. The fourth-order valence-electron chi connectivity index (χ4n) is 3.47. The lowest BCUT2D eigenvalue weighted by atomic mass is 10.2. The normalized spacial score (nSPS) is 10.7. The summed E-state index contributed by atoms with van der Waals surface area (Å²) in [5.74, 6) is 2.03.